The quantitative estimate of drug-likeness (QED) is 0.792. The molecule has 1 aromatic heterocycles. The molecule has 2 aromatic rings. The molecule has 19 heavy (non-hydrogen) atoms. The second kappa shape index (κ2) is 5.65. The Bertz CT molecular complexity index is 561. The summed E-state index contributed by atoms with van der Waals surface area (Å²) in [6, 6.07) is 9.63. The zero-order valence-corrected chi connectivity index (χ0v) is 11.3. The number of benzene rings is 1. The van der Waals surface area contributed by atoms with Gasteiger partial charge in [-0.05, 0) is 19.1 Å². The van der Waals surface area contributed by atoms with Crippen LogP contribution in [0.2, 0.25) is 0 Å². The maximum Gasteiger partial charge on any atom is 0.378 e. The molecule has 100 valence electrons. The minimum absolute atomic E-state index is 0.106. The smallest absolute Gasteiger partial charge is 0.378 e. The largest absolute Gasteiger partial charge is 0.460 e. The Balaban J connectivity index is 2.45. The van der Waals surface area contributed by atoms with Crippen LogP contribution in [0.1, 0.15) is 43.1 Å². The zero-order valence-electron chi connectivity index (χ0n) is 11.3. The fraction of sp³-hybridized carbons (Fsp3) is 0.357. The number of carbonyl (C=O) groups is 1. The van der Waals surface area contributed by atoms with Crippen molar-refractivity contribution in [1.82, 2.24) is 14.8 Å². The fourth-order valence-electron chi connectivity index (χ4n) is 1.74. The minimum Gasteiger partial charge on any atom is -0.460 e. The van der Waals surface area contributed by atoms with Crippen molar-refractivity contribution in [3.05, 3.63) is 42.0 Å². The van der Waals surface area contributed by atoms with E-state index in [1.807, 2.05) is 44.2 Å². The van der Waals surface area contributed by atoms with Crippen LogP contribution in [-0.2, 0) is 4.74 Å². The van der Waals surface area contributed by atoms with Crippen LogP contribution in [0, 0.1) is 0 Å². The molecule has 0 amide bonds. The third-order valence-corrected chi connectivity index (χ3v) is 2.61. The number of carbonyl (C=O) groups excluding carboxylic acids is 1. The summed E-state index contributed by atoms with van der Waals surface area (Å²) >= 11 is 0. The average Bonchev–Trinajstić information content (AvgIpc) is 2.85. The van der Waals surface area contributed by atoms with Gasteiger partial charge in [-0.15, -0.1) is 5.10 Å². The highest BCUT2D eigenvalue weighted by molar-refractivity contribution is 5.85. The van der Waals surface area contributed by atoms with Crippen molar-refractivity contribution in [1.29, 1.82) is 0 Å². The van der Waals surface area contributed by atoms with E-state index in [1.165, 1.54) is 0 Å². The van der Waals surface area contributed by atoms with Crippen molar-refractivity contribution in [2.24, 2.45) is 0 Å². The summed E-state index contributed by atoms with van der Waals surface area (Å²) in [5.74, 6) is 0.526. The van der Waals surface area contributed by atoms with E-state index in [2.05, 4.69) is 10.1 Å². The lowest BCUT2D eigenvalue weighted by atomic mass is 10.2. The van der Waals surface area contributed by atoms with Gasteiger partial charge in [0.05, 0.1) is 12.3 Å². The van der Waals surface area contributed by atoms with Gasteiger partial charge in [-0.2, -0.15) is 0 Å². The maximum atomic E-state index is 11.7. The van der Waals surface area contributed by atoms with Gasteiger partial charge in [0.25, 0.3) is 5.82 Å². The number of hydrogen-bond acceptors (Lipinski definition) is 4. The Morgan fingerprint density at radius 2 is 2.00 bits per heavy atom. The van der Waals surface area contributed by atoms with E-state index in [4.69, 9.17) is 4.74 Å². The molecule has 1 heterocycles. The molecule has 5 heteroatoms. The summed E-state index contributed by atoms with van der Waals surface area (Å²) in [6.07, 6.45) is 0. The van der Waals surface area contributed by atoms with Gasteiger partial charge >= 0.3 is 5.97 Å². The molecule has 5 nitrogen and oxygen atoms in total. The third-order valence-electron chi connectivity index (χ3n) is 2.61. The first-order valence-electron chi connectivity index (χ1n) is 6.33. The van der Waals surface area contributed by atoms with E-state index < -0.39 is 5.97 Å². The molecule has 1 aromatic carbocycles. The van der Waals surface area contributed by atoms with Gasteiger partial charge in [0.15, 0.2) is 0 Å². The van der Waals surface area contributed by atoms with Gasteiger partial charge in [-0.3, -0.25) is 0 Å². The summed E-state index contributed by atoms with van der Waals surface area (Å²) in [6.45, 7) is 6.10. The number of hydrogen-bond donors (Lipinski definition) is 0. The first-order valence-corrected chi connectivity index (χ1v) is 6.33. The molecule has 0 radical (unpaired) electrons. The van der Waals surface area contributed by atoms with E-state index in [0.717, 1.165) is 11.5 Å². The first kappa shape index (κ1) is 13.3. The van der Waals surface area contributed by atoms with Crippen molar-refractivity contribution in [3.8, 4) is 5.69 Å². The number of para-hydroxylation sites is 1. The van der Waals surface area contributed by atoms with Gasteiger partial charge in [0.1, 0.15) is 5.82 Å². The zero-order chi connectivity index (χ0) is 13.8. The van der Waals surface area contributed by atoms with Crippen molar-refractivity contribution in [3.63, 3.8) is 0 Å². The summed E-state index contributed by atoms with van der Waals surface area (Å²) in [7, 11) is 0. The number of rotatable bonds is 4. The number of esters is 1. The van der Waals surface area contributed by atoms with E-state index in [-0.39, 0.29) is 11.7 Å². The monoisotopic (exact) mass is 259 g/mol. The molecule has 0 atom stereocenters. The maximum absolute atomic E-state index is 11.7. The molecular formula is C14H17N3O2. The van der Waals surface area contributed by atoms with Gasteiger partial charge < -0.3 is 4.74 Å². The van der Waals surface area contributed by atoms with Crippen LogP contribution < -0.4 is 0 Å². The Morgan fingerprint density at radius 3 is 2.58 bits per heavy atom. The molecule has 0 aliphatic carbocycles. The van der Waals surface area contributed by atoms with Crippen molar-refractivity contribution in [2.75, 3.05) is 6.61 Å². The molecule has 0 saturated heterocycles. The van der Waals surface area contributed by atoms with Crippen LogP contribution in [0.4, 0.5) is 0 Å². The Kier molecular flexibility index (Phi) is 3.94. The standard InChI is InChI=1S/C14H17N3O2/c1-4-19-14(18)12-15-13(10(2)3)17(16-12)11-8-6-5-7-9-11/h5-10H,4H2,1-3H3. The van der Waals surface area contributed by atoms with Crippen LogP contribution in [-0.4, -0.2) is 27.3 Å². The summed E-state index contributed by atoms with van der Waals surface area (Å²) in [4.78, 5) is 16.0. The molecule has 0 bridgehead atoms. The van der Waals surface area contributed by atoms with Gasteiger partial charge in [-0.25, -0.2) is 14.5 Å². The molecule has 0 spiro atoms. The van der Waals surface area contributed by atoms with Crippen molar-refractivity contribution in [2.45, 2.75) is 26.7 Å². The Labute approximate surface area is 112 Å². The lowest BCUT2D eigenvalue weighted by molar-refractivity contribution is 0.0512. The predicted octanol–water partition coefficient (Wildman–Crippen LogP) is 2.57. The van der Waals surface area contributed by atoms with Crippen LogP contribution in [0.5, 0.6) is 0 Å². The first-order chi connectivity index (χ1) is 9.13. The second-order valence-electron chi connectivity index (χ2n) is 4.42. The van der Waals surface area contributed by atoms with Crippen molar-refractivity contribution >= 4 is 5.97 Å². The molecule has 0 N–H and O–H groups in total. The van der Waals surface area contributed by atoms with Crippen LogP contribution in [0.3, 0.4) is 0 Å². The fourth-order valence-corrected chi connectivity index (χ4v) is 1.74. The third kappa shape index (κ3) is 2.81. The van der Waals surface area contributed by atoms with Crippen LogP contribution >= 0.6 is 0 Å². The van der Waals surface area contributed by atoms with Gasteiger partial charge in [0, 0.05) is 5.92 Å². The Hall–Kier alpha value is -2.17. The highest BCUT2D eigenvalue weighted by atomic mass is 16.5. The number of nitrogens with zero attached hydrogens (tertiary/aromatic N) is 3. The molecule has 0 aliphatic rings. The summed E-state index contributed by atoms with van der Waals surface area (Å²) < 4.78 is 6.63. The molecule has 0 fully saturated rings. The number of ether oxygens (including phenoxy) is 1. The highest BCUT2D eigenvalue weighted by Gasteiger charge is 2.19. The van der Waals surface area contributed by atoms with Crippen LogP contribution in [0.25, 0.3) is 5.69 Å². The summed E-state index contributed by atoms with van der Waals surface area (Å²) in [5.41, 5.74) is 0.884. The van der Waals surface area contributed by atoms with E-state index in [0.29, 0.717) is 6.61 Å². The predicted molar refractivity (Wildman–Crippen MR) is 71.4 cm³/mol. The number of aromatic nitrogens is 3. The SMILES string of the molecule is CCOC(=O)c1nc(C(C)C)n(-c2ccccc2)n1. The highest BCUT2D eigenvalue weighted by Crippen LogP contribution is 2.17. The van der Waals surface area contributed by atoms with E-state index >= 15 is 0 Å². The molecular weight excluding hydrogens is 242 g/mol. The van der Waals surface area contributed by atoms with E-state index in [1.54, 1.807) is 11.6 Å². The Morgan fingerprint density at radius 1 is 1.32 bits per heavy atom. The molecule has 0 unspecified atom stereocenters. The minimum atomic E-state index is -0.487. The van der Waals surface area contributed by atoms with Gasteiger partial charge in [0.2, 0.25) is 0 Å². The lowest BCUT2D eigenvalue weighted by Gasteiger charge is -2.07. The summed E-state index contributed by atoms with van der Waals surface area (Å²) in [5, 5.41) is 4.25. The lowest BCUT2D eigenvalue weighted by Crippen LogP contribution is -2.07. The molecule has 0 aliphatic heterocycles. The molecule has 0 saturated carbocycles. The van der Waals surface area contributed by atoms with Crippen LogP contribution in [0.15, 0.2) is 30.3 Å². The topological polar surface area (TPSA) is 57.0 Å². The van der Waals surface area contributed by atoms with Crippen molar-refractivity contribution < 1.29 is 9.53 Å². The second-order valence-corrected chi connectivity index (χ2v) is 4.42. The van der Waals surface area contributed by atoms with Gasteiger partial charge in [-0.1, -0.05) is 32.0 Å². The molecule has 2 rings (SSSR count). The normalized spacial score (nSPS) is 10.7. The van der Waals surface area contributed by atoms with E-state index in [9.17, 15) is 4.79 Å². The average molecular weight is 259 g/mol.